The summed E-state index contributed by atoms with van der Waals surface area (Å²) in [5.41, 5.74) is 5.41. The molecule has 4 rings (SSSR count). The van der Waals surface area contributed by atoms with Crippen LogP contribution in [0, 0.1) is 11.3 Å². The molecule has 108 valence electrons. The Kier molecular flexibility index (Phi) is 3.47. The predicted molar refractivity (Wildman–Crippen MR) is 89.9 cm³/mol. The summed E-state index contributed by atoms with van der Waals surface area (Å²) in [6, 6.07) is 21.9. The van der Waals surface area contributed by atoms with Crippen molar-refractivity contribution in [3.63, 3.8) is 0 Å². The van der Waals surface area contributed by atoms with Crippen molar-refractivity contribution in [3.8, 4) is 28.5 Å². The van der Waals surface area contributed by atoms with Crippen LogP contribution in [-0.2, 0) is 0 Å². The second-order valence-electron chi connectivity index (χ2n) is 4.99. The third-order valence-corrected chi connectivity index (χ3v) is 4.73. The fraction of sp³-hybridized carbons (Fsp3) is 0. The number of fused-ring (bicyclic) bond motifs is 1. The average molecular weight is 361 g/mol. The van der Waals surface area contributed by atoms with Crippen LogP contribution in [0.5, 0.6) is 0 Å². The SMILES string of the molecule is N#Cc1nc(-c2ccccc2)c2n[se]nc2c1-c1ccccc1. The number of hydrogen-bond donors (Lipinski definition) is 0. The van der Waals surface area contributed by atoms with Gasteiger partial charge < -0.3 is 0 Å². The minimum atomic E-state index is -0.189. The molecular formula is C18H10N4Se. The molecule has 0 bridgehead atoms. The Morgan fingerprint density at radius 3 is 2.04 bits per heavy atom. The van der Waals surface area contributed by atoms with E-state index in [1.165, 1.54) is 0 Å². The van der Waals surface area contributed by atoms with E-state index in [1.54, 1.807) is 0 Å². The quantitative estimate of drug-likeness (QED) is 0.514. The molecule has 5 heteroatoms. The van der Waals surface area contributed by atoms with Crippen molar-refractivity contribution >= 4 is 26.0 Å². The zero-order chi connectivity index (χ0) is 15.6. The monoisotopic (exact) mass is 362 g/mol. The van der Waals surface area contributed by atoms with E-state index in [4.69, 9.17) is 0 Å². The molecule has 0 amide bonds. The maximum absolute atomic E-state index is 9.60. The topological polar surface area (TPSA) is 62.5 Å². The second kappa shape index (κ2) is 5.77. The van der Waals surface area contributed by atoms with Crippen molar-refractivity contribution in [2.24, 2.45) is 0 Å². The summed E-state index contributed by atoms with van der Waals surface area (Å²) in [7, 11) is 0. The molecule has 0 N–H and O–H groups in total. The maximum atomic E-state index is 9.60. The van der Waals surface area contributed by atoms with Crippen LogP contribution in [0.3, 0.4) is 0 Å². The van der Waals surface area contributed by atoms with Crippen molar-refractivity contribution in [1.29, 1.82) is 5.26 Å². The van der Waals surface area contributed by atoms with E-state index in [0.717, 1.165) is 33.4 Å². The van der Waals surface area contributed by atoms with E-state index in [2.05, 4.69) is 19.0 Å². The van der Waals surface area contributed by atoms with Gasteiger partial charge in [-0.2, -0.15) is 0 Å². The van der Waals surface area contributed by atoms with Gasteiger partial charge in [-0.3, -0.25) is 0 Å². The normalized spacial score (nSPS) is 10.6. The first-order valence-corrected chi connectivity index (χ1v) is 8.59. The van der Waals surface area contributed by atoms with Gasteiger partial charge in [0.25, 0.3) is 0 Å². The molecule has 0 spiro atoms. The number of nitrogens with zero attached hydrogens (tertiary/aromatic N) is 4. The summed E-state index contributed by atoms with van der Waals surface area (Å²) in [6.07, 6.45) is 0. The number of aromatic nitrogens is 3. The third kappa shape index (κ3) is 2.35. The van der Waals surface area contributed by atoms with Gasteiger partial charge in [0.15, 0.2) is 0 Å². The van der Waals surface area contributed by atoms with Gasteiger partial charge >= 0.3 is 139 Å². The van der Waals surface area contributed by atoms with E-state index < -0.39 is 0 Å². The van der Waals surface area contributed by atoms with E-state index in [-0.39, 0.29) is 15.0 Å². The Balaban J connectivity index is 2.08. The van der Waals surface area contributed by atoms with Gasteiger partial charge in [-0.15, -0.1) is 0 Å². The van der Waals surface area contributed by atoms with E-state index in [9.17, 15) is 5.26 Å². The average Bonchev–Trinajstić information content (AvgIpc) is 3.11. The molecule has 0 aliphatic rings. The van der Waals surface area contributed by atoms with Crippen LogP contribution in [-0.4, -0.2) is 27.9 Å². The predicted octanol–water partition coefficient (Wildman–Crippen LogP) is 3.29. The zero-order valence-electron chi connectivity index (χ0n) is 12.0. The number of pyridine rings is 1. The number of rotatable bonds is 2. The molecule has 0 aliphatic heterocycles. The third-order valence-electron chi connectivity index (χ3n) is 3.63. The van der Waals surface area contributed by atoms with Crippen LogP contribution in [0.2, 0.25) is 0 Å². The van der Waals surface area contributed by atoms with Crippen molar-refractivity contribution < 1.29 is 0 Å². The van der Waals surface area contributed by atoms with Gasteiger partial charge in [0.1, 0.15) is 0 Å². The molecular weight excluding hydrogens is 351 g/mol. The molecule has 0 unspecified atom stereocenters. The van der Waals surface area contributed by atoms with E-state index in [1.807, 2.05) is 60.7 Å². The molecule has 23 heavy (non-hydrogen) atoms. The van der Waals surface area contributed by atoms with Crippen LogP contribution in [0.1, 0.15) is 5.69 Å². The van der Waals surface area contributed by atoms with Crippen molar-refractivity contribution in [3.05, 3.63) is 66.4 Å². The Morgan fingerprint density at radius 2 is 1.39 bits per heavy atom. The zero-order valence-corrected chi connectivity index (χ0v) is 13.7. The van der Waals surface area contributed by atoms with Crippen molar-refractivity contribution in [1.82, 2.24) is 12.9 Å². The van der Waals surface area contributed by atoms with Gasteiger partial charge in [-0.25, -0.2) is 0 Å². The molecule has 0 fully saturated rings. The molecule has 4 nitrogen and oxygen atoms in total. The summed E-state index contributed by atoms with van der Waals surface area (Å²) in [4.78, 5) is 4.60. The van der Waals surface area contributed by atoms with Crippen molar-refractivity contribution in [2.75, 3.05) is 0 Å². The Labute approximate surface area is 139 Å². The van der Waals surface area contributed by atoms with Gasteiger partial charge in [0.2, 0.25) is 0 Å². The van der Waals surface area contributed by atoms with Crippen LogP contribution in [0.15, 0.2) is 60.7 Å². The Hall–Kier alpha value is -2.80. The second-order valence-corrected chi connectivity index (χ2v) is 6.10. The van der Waals surface area contributed by atoms with E-state index in [0.29, 0.717) is 5.69 Å². The molecule has 2 aromatic heterocycles. The molecule has 0 aliphatic carbocycles. The molecule has 0 saturated carbocycles. The van der Waals surface area contributed by atoms with Crippen LogP contribution in [0.4, 0.5) is 0 Å². The number of benzene rings is 2. The molecule has 2 heterocycles. The number of hydrogen-bond acceptors (Lipinski definition) is 4. The summed E-state index contributed by atoms with van der Waals surface area (Å²) < 4.78 is 9.14. The first-order valence-electron chi connectivity index (χ1n) is 7.05. The molecule has 0 saturated heterocycles. The van der Waals surface area contributed by atoms with Gasteiger partial charge in [-0.05, 0) is 0 Å². The summed E-state index contributed by atoms with van der Waals surface area (Å²) in [5.74, 6) is 0. The standard InChI is InChI=1S/C18H10N4Se/c19-11-14-15(12-7-3-1-4-8-12)17-18(22-23-21-17)16(20-14)13-9-5-2-6-10-13/h1-10H. The first-order chi connectivity index (χ1) is 11.4. The Morgan fingerprint density at radius 1 is 0.783 bits per heavy atom. The van der Waals surface area contributed by atoms with Gasteiger partial charge in [-0.1, -0.05) is 0 Å². The molecule has 2 aromatic carbocycles. The van der Waals surface area contributed by atoms with Gasteiger partial charge in [0, 0.05) is 0 Å². The fourth-order valence-corrected chi connectivity index (χ4v) is 3.76. The summed E-state index contributed by atoms with van der Waals surface area (Å²) in [5, 5.41) is 9.60. The fourth-order valence-electron chi connectivity index (χ4n) is 2.60. The summed E-state index contributed by atoms with van der Waals surface area (Å²) >= 11 is -0.189. The van der Waals surface area contributed by atoms with Crippen LogP contribution in [0.25, 0.3) is 33.4 Å². The molecule has 4 aromatic rings. The Bertz CT molecular complexity index is 1020. The molecule has 0 atom stereocenters. The first kappa shape index (κ1) is 13.8. The van der Waals surface area contributed by atoms with E-state index >= 15 is 0 Å². The van der Waals surface area contributed by atoms with Crippen LogP contribution < -0.4 is 0 Å². The molecule has 0 radical (unpaired) electrons. The number of nitriles is 1. The van der Waals surface area contributed by atoms with Gasteiger partial charge in [0.05, 0.1) is 0 Å². The summed E-state index contributed by atoms with van der Waals surface area (Å²) in [6.45, 7) is 0. The van der Waals surface area contributed by atoms with Crippen molar-refractivity contribution in [2.45, 2.75) is 0 Å². The van der Waals surface area contributed by atoms with Crippen LogP contribution >= 0.6 is 0 Å². The minimum absolute atomic E-state index is 0.189.